The van der Waals surface area contributed by atoms with Gasteiger partial charge in [-0.3, -0.25) is 9.69 Å². The highest BCUT2D eigenvalue weighted by Crippen LogP contribution is 2.39. The van der Waals surface area contributed by atoms with Crippen molar-refractivity contribution in [1.82, 2.24) is 9.80 Å². The molecule has 4 nitrogen and oxygen atoms in total. The minimum Gasteiger partial charge on any atom is -0.338 e. The molecule has 100 valence electrons. The number of rotatable bonds is 1. The van der Waals surface area contributed by atoms with Gasteiger partial charge >= 0.3 is 0 Å². The molecule has 1 aliphatic carbocycles. The summed E-state index contributed by atoms with van der Waals surface area (Å²) in [6.07, 6.45) is 3.51. The third-order valence-corrected chi connectivity index (χ3v) is 4.68. The summed E-state index contributed by atoms with van der Waals surface area (Å²) in [4.78, 5) is 16.8. The van der Waals surface area contributed by atoms with Crippen LogP contribution in [-0.4, -0.2) is 47.9 Å². The van der Waals surface area contributed by atoms with Crippen LogP contribution in [0.4, 0.5) is 0 Å². The Kier molecular flexibility index (Phi) is 3.37. The van der Waals surface area contributed by atoms with Gasteiger partial charge < -0.3 is 4.90 Å². The van der Waals surface area contributed by atoms with E-state index in [1.165, 1.54) is 0 Å². The quantitative estimate of drug-likeness (QED) is 0.709. The van der Waals surface area contributed by atoms with E-state index in [1.54, 1.807) is 0 Å². The van der Waals surface area contributed by atoms with E-state index in [9.17, 15) is 10.1 Å². The lowest BCUT2D eigenvalue weighted by atomic mass is 9.85. The van der Waals surface area contributed by atoms with Crippen LogP contribution in [0.5, 0.6) is 0 Å². The highest BCUT2D eigenvalue weighted by Gasteiger charge is 2.46. The monoisotopic (exact) mass is 249 g/mol. The molecule has 0 aromatic rings. The van der Waals surface area contributed by atoms with Gasteiger partial charge in [-0.15, -0.1) is 0 Å². The van der Waals surface area contributed by atoms with E-state index in [4.69, 9.17) is 0 Å². The molecule has 0 spiro atoms. The first kappa shape index (κ1) is 13.4. The van der Waals surface area contributed by atoms with Crippen LogP contribution in [0.25, 0.3) is 0 Å². The van der Waals surface area contributed by atoms with Crippen molar-refractivity contribution in [3.05, 3.63) is 0 Å². The number of carbonyl (C=O) groups excluding carboxylic acids is 1. The van der Waals surface area contributed by atoms with Crippen molar-refractivity contribution in [3.63, 3.8) is 0 Å². The van der Waals surface area contributed by atoms with Gasteiger partial charge in [-0.25, -0.2) is 0 Å². The number of carbonyl (C=O) groups is 1. The molecule has 2 fully saturated rings. The molecule has 4 heteroatoms. The number of nitriles is 1. The SMILES string of the molecule is CN1CCN(C(=O)C2(C#N)CCCC2)CC1(C)C. The zero-order chi connectivity index (χ0) is 13.4. The highest BCUT2D eigenvalue weighted by molar-refractivity contribution is 5.86. The Hall–Kier alpha value is -1.08. The standard InChI is InChI=1S/C14H23N3O/c1-13(2)11-17(9-8-16(13)3)12(18)14(10-15)6-4-5-7-14/h4-9,11H2,1-3H3. The van der Waals surface area contributed by atoms with Gasteiger partial charge in [0, 0.05) is 25.2 Å². The highest BCUT2D eigenvalue weighted by atomic mass is 16.2. The van der Waals surface area contributed by atoms with Crippen molar-refractivity contribution in [3.8, 4) is 6.07 Å². The summed E-state index contributed by atoms with van der Waals surface area (Å²) in [5.74, 6) is 0.0728. The fraction of sp³-hybridized carbons (Fsp3) is 0.857. The van der Waals surface area contributed by atoms with E-state index in [0.29, 0.717) is 0 Å². The summed E-state index contributed by atoms with van der Waals surface area (Å²) in [5, 5.41) is 9.39. The maximum absolute atomic E-state index is 12.6. The minimum atomic E-state index is -0.716. The molecule has 2 aliphatic rings. The van der Waals surface area contributed by atoms with Gasteiger partial charge in [0.1, 0.15) is 5.41 Å². The van der Waals surface area contributed by atoms with Crippen LogP contribution >= 0.6 is 0 Å². The Bertz CT molecular complexity index is 377. The van der Waals surface area contributed by atoms with E-state index in [-0.39, 0.29) is 11.4 Å². The van der Waals surface area contributed by atoms with E-state index >= 15 is 0 Å². The van der Waals surface area contributed by atoms with E-state index in [2.05, 4.69) is 31.9 Å². The van der Waals surface area contributed by atoms with E-state index in [0.717, 1.165) is 45.3 Å². The van der Waals surface area contributed by atoms with Gasteiger partial charge in [-0.1, -0.05) is 12.8 Å². The number of hydrogen-bond acceptors (Lipinski definition) is 3. The molecule has 1 saturated heterocycles. The van der Waals surface area contributed by atoms with Crippen LogP contribution in [0.2, 0.25) is 0 Å². The summed E-state index contributed by atoms with van der Waals surface area (Å²) in [7, 11) is 2.09. The third kappa shape index (κ3) is 2.12. The van der Waals surface area contributed by atoms with Crippen LogP contribution in [0, 0.1) is 16.7 Å². The first-order valence-electron chi connectivity index (χ1n) is 6.83. The average molecular weight is 249 g/mol. The van der Waals surface area contributed by atoms with Gasteiger partial charge in [-0.2, -0.15) is 5.26 Å². The summed E-state index contributed by atoms with van der Waals surface area (Å²) < 4.78 is 0. The van der Waals surface area contributed by atoms with Crippen LogP contribution in [0.1, 0.15) is 39.5 Å². The maximum atomic E-state index is 12.6. The fourth-order valence-electron chi connectivity index (χ4n) is 3.07. The first-order chi connectivity index (χ1) is 8.41. The molecule has 1 amide bonds. The Labute approximate surface area is 110 Å². The largest absolute Gasteiger partial charge is 0.338 e. The third-order valence-electron chi connectivity index (χ3n) is 4.68. The Morgan fingerprint density at radius 3 is 2.33 bits per heavy atom. The second-order valence-electron chi connectivity index (χ2n) is 6.36. The van der Waals surface area contributed by atoms with Crippen molar-refractivity contribution >= 4 is 5.91 Å². The van der Waals surface area contributed by atoms with Crippen LogP contribution in [0.3, 0.4) is 0 Å². The zero-order valence-corrected chi connectivity index (χ0v) is 11.7. The van der Waals surface area contributed by atoms with Gasteiger partial charge in [0.25, 0.3) is 0 Å². The molecule has 0 atom stereocenters. The lowest BCUT2D eigenvalue weighted by Crippen LogP contribution is -2.60. The van der Waals surface area contributed by atoms with Crippen LogP contribution in [0.15, 0.2) is 0 Å². The second-order valence-corrected chi connectivity index (χ2v) is 6.36. The van der Waals surface area contributed by atoms with Gasteiger partial charge in [0.15, 0.2) is 0 Å². The minimum absolute atomic E-state index is 0.00313. The lowest BCUT2D eigenvalue weighted by molar-refractivity contribution is -0.143. The molecule has 1 saturated carbocycles. The predicted molar refractivity (Wildman–Crippen MR) is 69.8 cm³/mol. The summed E-state index contributed by atoms with van der Waals surface area (Å²) in [5.41, 5.74) is -0.713. The molecule has 0 bridgehead atoms. The smallest absolute Gasteiger partial charge is 0.243 e. The van der Waals surface area contributed by atoms with Crippen LogP contribution in [-0.2, 0) is 4.79 Å². The zero-order valence-electron chi connectivity index (χ0n) is 11.7. The van der Waals surface area contributed by atoms with Crippen molar-refractivity contribution in [2.24, 2.45) is 5.41 Å². The van der Waals surface area contributed by atoms with E-state index < -0.39 is 5.41 Å². The molecule has 0 radical (unpaired) electrons. The molecule has 0 aromatic carbocycles. The molecule has 0 unspecified atom stereocenters. The number of hydrogen-bond donors (Lipinski definition) is 0. The Balaban J connectivity index is 2.13. The second kappa shape index (κ2) is 4.55. The Morgan fingerprint density at radius 1 is 1.22 bits per heavy atom. The van der Waals surface area contributed by atoms with Crippen LogP contribution < -0.4 is 0 Å². The molecular weight excluding hydrogens is 226 g/mol. The lowest BCUT2D eigenvalue weighted by Gasteiger charge is -2.46. The first-order valence-corrected chi connectivity index (χ1v) is 6.83. The van der Waals surface area contributed by atoms with Crippen molar-refractivity contribution in [1.29, 1.82) is 5.26 Å². The number of piperazine rings is 1. The maximum Gasteiger partial charge on any atom is 0.243 e. The van der Waals surface area contributed by atoms with Gasteiger partial charge in [-0.05, 0) is 33.7 Å². The predicted octanol–water partition coefficient (Wildman–Crippen LogP) is 1.62. The topological polar surface area (TPSA) is 47.3 Å². The van der Waals surface area contributed by atoms with Crippen molar-refractivity contribution < 1.29 is 4.79 Å². The molecule has 0 aromatic heterocycles. The average Bonchev–Trinajstić information content (AvgIpc) is 2.81. The van der Waals surface area contributed by atoms with Crippen molar-refractivity contribution in [2.45, 2.75) is 45.1 Å². The molecular formula is C14H23N3O. The van der Waals surface area contributed by atoms with Gasteiger partial charge in [0.2, 0.25) is 5.91 Å². The van der Waals surface area contributed by atoms with Crippen molar-refractivity contribution in [2.75, 3.05) is 26.7 Å². The molecule has 18 heavy (non-hydrogen) atoms. The summed E-state index contributed by atoms with van der Waals surface area (Å²) >= 11 is 0. The summed E-state index contributed by atoms with van der Waals surface area (Å²) in [6, 6.07) is 2.31. The summed E-state index contributed by atoms with van der Waals surface area (Å²) in [6.45, 7) is 6.68. The number of amides is 1. The molecule has 0 N–H and O–H groups in total. The molecule has 1 aliphatic heterocycles. The normalized spacial score (nSPS) is 26.9. The Morgan fingerprint density at radius 2 is 1.83 bits per heavy atom. The van der Waals surface area contributed by atoms with Gasteiger partial charge in [0.05, 0.1) is 6.07 Å². The number of likely N-dealkylation sites (N-methyl/N-ethyl adjacent to an activating group) is 1. The molecule has 2 rings (SSSR count). The fourth-order valence-corrected chi connectivity index (χ4v) is 3.07. The van der Waals surface area contributed by atoms with E-state index in [1.807, 2.05) is 4.90 Å². The molecule has 1 heterocycles. The number of nitrogens with zero attached hydrogens (tertiary/aromatic N) is 3.